The Bertz CT molecular complexity index is 480. The van der Waals surface area contributed by atoms with Crippen LogP contribution in [0.2, 0.25) is 0 Å². The Morgan fingerprint density at radius 2 is 1.86 bits per heavy atom. The van der Waals surface area contributed by atoms with Crippen molar-refractivity contribution in [2.75, 3.05) is 12.4 Å². The lowest BCUT2D eigenvalue weighted by atomic mass is 10.1. The fourth-order valence-corrected chi connectivity index (χ4v) is 1.53. The van der Waals surface area contributed by atoms with Crippen LogP contribution < -0.4 is 5.32 Å². The molecule has 0 radical (unpaired) electrons. The number of anilines is 1. The van der Waals surface area contributed by atoms with Crippen LogP contribution in [0.5, 0.6) is 0 Å². The second-order valence-electron chi connectivity index (χ2n) is 3.02. The van der Waals surface area contributed by atoms with Gasteiger partial charge >= 0.3 is 0 Å². The molecule has 0 spiro atoms. The first-order valence-corrected chi connectivity index (χ1v) is 4.28. The number of halogens is 2. The standard InChI is InChI=1S/C11H9F2N/c1-14-11-8-5-3-2-4-7(8)6-9(12)10(11)13/h2-6,14H,1H3. The van der Waals surface area contributed by atoms with Crippen LogP contribution in [-0.2, 0) is 0 Å². The summed E-state index contributed by atoms with van der Waals surface area (Å²) in [7, 11) is 1.57. The van der Waals surface area contributed by atoms with E-state index in [0.29, 0.717) is 10.8 Å². The quantitative estimate of drug-likeness (QED) is 0.733. The van der Waals surface area contributed by atoms with E-state index in [4.69, 9.17) is 0 Å². The molecule has 0 atom stereocenters. The molecule has 0 aliphatic rings. The monoisotopic (exact) mass is 193 g/mol. The van der Waals surface area contributed by atoms with Crippen molar-refractivity contribution in [3.63, 3.8) is 0 Å². The number of benzene rings is 2. The Kier molecular flexibility index (Phi) is 2.08. The van der Waals surface area contributed by atoms with Gasteiger partial charge in [-0.2, -0.15) is 0 Å². The predicted molar refractivity (Wildman–Crippen MR) is 53.4 cm³/mol. The number of fused-ring (bicyclic) bond motifs is 1. The minimum atomic E-state index is -0.828. The Morgan fingerprint density at radius 3 is 2.57 bits per heavy atom. The first-order chi connectivity index (χ1) is 6.74. The van der Waals surface area contributed by atoms with E-state index >= 15 is 0 Å². The molecule has 0 aliphatic carbocycles. The van der Waals surface area contributed by atoms with Crippen LogP contribution in [0.1, 0.15) is 0 Å². The van der Waals surface area contributed by atoms with Crippen molar-refractivity contribution >= 4 is 16.5 Å². The van der Waals surface area contributed by atoms with E-state index in [1.165, 1.54) is 6.07 Å². The summed E-state index contributed by atoms with van der Waals surface area (Å²) in [6.45, 7) is 0. The van der Waals surface area contributed by atoms with Crippen LogP contribution in [0.3, 0.4) is 0 Å². The van der Waals surface area contributed by atoms with Gasteiger partial charge in [0.05, 0.1) is 5.69 Å². The topological polar surface area (TPSA) is 12.0 Å². The molecule has 0 saturated heterocycles. The largest absolute Gasteiger partial charge is 0.385 e. The van der Waals surface area contributed by atoms with Crippen molar-refractivity contribution in [3.8, 4) is 0 Å². The van der Waals surface area contributed by atoms with Gasteiger partial charge in [-0.1, -0.05) is 24.3 Å². The molecule has 0 amide bonds. The van der Waals surface area contributed by atoms with Crippen LogP contribution in [0.4, 0.5) is 14.5 Å². The summed E-state index contributed by atoms with van der Waals surface area (Å²) in [5.41, 5.74) is 0.209. The first kappa shape index (κ1) is 8.94. The highest BCUT2D eigenvalue weighted by atomic mass is 19.2. The number of nitrogens with one attached hydrogen (secondary N) is 1. The Morgan fingerprint density at radius 1 is 1.14 bits per heavy atom. The zero-order valence-electron chi connectivity index (χ0n) is 7.64. The molecule has 2 aromatic rings. The number of hydrogen-bond donors (Lipinski definition) is 1. The van der Waals surface area contributed by atoms with Gasteiger partial charge in [0, 0.05) is 12.4 Å². The molecule has 0 bridgehead atoms. The summed E-state index contributed by atoms with van der Waals surface area (Å²) in [5.74, 6) is -1.65. The summed E-state index contributed by atoms with van der Waals surface area (Å²) < 4.78 is 26.4. The second-order valence-corrected chi connectivity index (χ2v) is 3.02. The molecule has 0 heterocycles. The smallest absolute Gasteiger partial charge is 0.182 e. The van der Waals surface area contributed by atoms with E-state index in [1.807, 2.05) is 0 Å². The molecule has 0 saturated carbocycles. The van der Waals surface area contributed by atoms with Gasteiger partial charge in [-0.15, -0.1) is 0 Å². The summed E-state index contributed by atoms with van der Waals surface area (Å²) in [4.78, 5) is 0. The maximum atomic E-state index is 13.3. The SMILES string of the molecule is CNc1c(F)c(F)cc2ccccc12. The molecule has 2 aromatic carbocycles. The highest BCUT2D eigenvalue weighted by Crippen LogP contribution is 2.28. The summed E-state index contributed by atoms with van der Waals surface area (Å²) >= 11 is 0. The molecule has 14 heavy (non-hydrogen) atoms. The van der Waals surface area contributed by atoms with Gasteiger partial charge in [0.1, 0.15) is 0 Å². The van der Waals surface area contributed by atoms with Crippen molar-refractivity contribution in [1.82, 2.24) is 0 Å². The van der Waals surface area contributed by atoms with Crippen LogP contribution in [0.15, 0.2) is 30.3 Å². The van der Waals surface area contributed by atoms with Crippen molar-refractivity contribution in [3.05, 3.63) is 42.0 Å². The minimum absolute atomic E-state index is 0.209. The molecule has 2 rings (SSSR count). The molecular formula is C11H9F2N. The van der Waals surface area contributed by atoms with E-state index in [0.717, 1.165) is 0 Å². The van der Waals surface area contributed by atoms with E-state index in [9.17, 15) is 8.78 Å². The molecule has 0 aliphatic heterocycles. The molecular weight excluding hydrogens is 184 g/mol. The summed E-state index contributed by atoms with van der Waals surface area (Å²) in [6, 6.07) is 8.29. The lowest BCUT2D eigenvalue weighted by molar-refractivity contribution is 0.513. The Hall–Kier alpha value is -1.64. The molecule has 0 unspecified atom stereocenters. The van der Waals surface area contributed by atoms with E-state index in [2.05, 4.69) is 5.32 Å². The average molecular weight is 193 g/mol. The zero-order valence-corrected chi connectivity index (χ0v) is 7.64. The maximum Gasteiger partial charge on any atom is 0.182 e. The second kappa shape index (κ2) is 3.25. The van der Waals surface area contributed by atoms with Gasteiger partial charge in [0.25, 0.3) is 0 Å². The third kappa shape index (κ3) is 1.21. The molecule has 0 aromatic heterocycles. The minimum Gasteiger partial charge on any atom is -0.385 e. The van der Waals surface area contributed by atoms with E-state index < -0.39 is 11.6 Å². The van der Waals surface area contributed by atoms with Crippen LogP contribution >= 0.6 is 0 Å². The van der Waals surface area contributed by atoms with Gasteiger partial charge in [-0.25, -0.2) is 8.78 Å². The summed E-state index contributed by atoms with van der Waals surface area (Å²) in [5, 5.41) is 4.04. The zero-order chi connectivity index (χ0) is 10.1. The Labute approximate surface area is 80.4 Å². The van der Waals surface area contributed by atoms with E-state index in [1.54, 1.807) is 31.3 Å². The molecule has 1 N–H and O–H groups in total. The Balaban J connectivity index is 2.89. The summed E-state index contributed by atoms with van der Waals surface area (Å²) in [6.07, 6.45) is 0. The molecule has 0 fully saturated rings. The number of rotatable bonds is 1. The van der Waals surface area contributed by atoms with Gasteiger partial charge in [-0.05, 0) is 11.5 Å². The fraction of sp³-hybridized carbons (Fsp3) is 0.0909. The van der Waals surface area contributed by atoms with Crippen molar-refractivity contribution < 1.29 is 8.78 Å². The van der Waals surface area contributed by atoms with Gasteiger partial charge in [0.15, 0.2) is 11.6 Å². The van der Waals surface area contributed by atoms with Crippen LogP contribution in [0, 0.1) is 11.6 Å². The number of hydrogen-bond acceptors (Lipinski definition) is 1. The normalized spacial score (nSPS) is 10.5. The van der Waals surface area contributed by atoms with Crippen molar-refractivity contribution in [2.45, 2.75) is 0 Å². The lowest BCUT2D eigenvalue weighted by Crippen LogP contribution is -1.96. The third-order valence-electron chi connectivity index (χ3n) is 2.19. The third-order valence-corrected chi connectivity index (χ3v) is 2.19. The van der Waals surface area contributed by atoms with Gasteiger partial charge in [0.2, 0.25) is 0 Å². The highest BCUT2D eigenvalue weighted by Gasteiger charge is 2.11. The molecule has 1 nitrogen and oxygen atoms in total. The highest BCUT2D eigenvalue weighted by molar-refractivity contribution is 5.94. The van der Waals surface area contributed by atoms with Crippen molar-refractivity contribution in [1.29, 1.82) is 0 Å². The molecule has 3 heteroatoms. The van der Waals surface area contributed by atoms with Crippen LogP contribution in [0.25, 0.3) is 10.8 Å². The fourth-order valence-electron chi connectivity index (χ4n) is 1.53. The maximum absolute atomic E-state index is 13.3. The lowest BCUT2D eigenvalue weighted by Gasteiger charge is -2.07. The average Bonchev–Trinajstić information content (AvgIpc) is 2.20. The predicted octanol–water partition coefficient (Wildman–Crippen LogP) is 3.16. The first-order valence-electron chi connectivity index (χ1n) is 4.28. The van der Waals surface area contributed by atoms with Crippen molar-refractivity contribution in [2.24, 2.45) is 0 Å². The molecule has 72 valence electrons. The van der Waals surface area contributed by atoms with Crippen LogP contribution in [-0.4, -0.2) is 7.05 Å². The van der Waals surface area contributed by atoms with E-state index in [-0.39, 0.29) is 5.69 Å². The van der Waals surface area contributed by atoms with Gasteiger partial charge < -0.3 is 5.32 Å². The van der Waals surface area contributed by atoms with Gasteiger partial charge in [-0.3, -0.25) is 0 Å².